The molecule has 0 radical (unpaired) electrons. The van der Waals surface area contributed by atoms with Crippen LogP contribution in [0.4, 0.5) is 0 Å². The minimum atomic E-state index is -2.55. The van der Waals surface area contributed by atoms with Crippen LogP contribution >= 0.6 is 19.9 Å². The van der Waals surface area contributed by atoms with E-state index in [9.17, 15) is 9.36 Å². The van der Waals surface area contributed by atoms with Crippen LogP contribution < -0.4 is 4.52 Å². The van der Waals surface area contributed by atoms with E-state index >= 15 is 0 Å². The molecule has 0 saturated carbocycles. The Kier molecular flexibility index (Phi) is 5.83. The second-order valence-corrected chi connectivity index (χ2v) is 4.70. The van der Waals surface area contributed by atoms with Gasteiger partial charge in [0.15, 0.2) is 5.75 Å². The van der Waals surface area contributed by atoms with Crippen LogP contribution in [0.5, 0.6) is 5.75 Å². The SMILES string of the molecule is CCC=C(C)C(=O)O[P+](=O)Oc1cccc(Cl)c1. The first-order chi connectivity index (χ1) is 8.52. The molecule has 0 heterocycles. The van der Waals surface area contributed by atoms with Gasteiger partial charge in [-0.05, 0) is 25.5 Å². The smallest absolute Gasteiger partial charge is 0.241 e. The fraction of sp³-hybridized carbons (Fsp3) is 0.250. The summed E-state index contributed by atoms with van der Waals surface area (Å²) in [5.74, 6) is -0.367. The first-order valence-corrected chi connectivity index (χ1v) is 6.80. The molecule has 0 bridgehead atoms. The van der Waals surface area contributed by atoms with Crippen molar-refractivity contribution in [1.82, 2.24) is 0 Å². The van der Waals surface area contributed by atoms with E-state index in [1.165, 1.54) is 6.07 Å². The van der Waals surface area contributed by atoms with E-state index in [0.717, 1.165) is 0 Å². The Bertz CT molecular complexity index is 485. The summed E-state index contributed by atoms with van der Waals surface area (Å²) in [5.41, 5.74) is 0.399. The van der Waals surface area contributed by atoms with Crippen LogP contribution in [-0.4, -0.2) is 5.97 Å². The van der Waals surface area contributed by atoms with Gasteiger partial charge in [0.1, 0.15) is 0 Å². The quantitative estimate of drug-likeness (QED) is 0.599. The fourth-order valence-corrected chi connectivity index (χ4v) is 1.94. The molecule has 0 N–H and O–H groups in total. The van der Waals surface area contributed by atoms with Crippen molar-refractivity contribution in [1.29, 1.82) is 0 Å². The lowest BCUT2D eigenvalue weighted by molar-refractivity contribution is -0.130. The molecule has 96 valence electrons. The molecular formula is C12H13ClO4P+. The predicted octanol–water partition coefficient (Wildman–Crippen LogP) is 4.28. The van der Waals surface area contributed by atoms with E-state index in [1.807, 2.05) is 6.92 Å². The number of halogens is 1. The molecule has 0 aliphatic heterocycles. The molecule has 0 saturated heterocycles. The molecule has 1 rings (SSSR count). The van der Waals surface area contributed by atoms with Gasteiger partial charge in [0, 0.05) is 21.2 Å². The molecule has 1 atom stereocenters. The van der Waals surface area contributed by atoms with Crippen LogP contribution in [0.1, 0.15) is 20.3 Å². The number of allylic oxidation sites excluding steroid dienone is 1. The molecule has 4 nitrogen and oxygen atoms in total. The zero-order valence-corrected chi connectivity index (χ0v) is 11.7. The van der Waals surface area contributed by atoms with Gasteiger partial charge in [-0.15, -0.1) is 0 Å². The average Bonchev–Trinajstić information content (AvgIpc) is 2.28. The summed E-state index contributed by atoms with van der Waals surface area (Å²) >= 11 is 5.73. The summed E-state index contributed by atoms with van der Waals surface area (Å²) in [5, 5.41) is 0.448. The molecule has 18 heavy (non-hydrogen) atoms. The van der Waals surface area contributed by atoms with E-state index in [1.54, 1.807) is 31.2 Å². The van der Waals surface area contributed by atoms with Crippen molar-refractivity contribution in [2.75, 3.05) is 0 Å². The van der Waals surface area contributed by atoms with Gasteiger partial charge in [-0.2, -0.15) is 4.52 Å². The zero-order chi connectivity index (χ0) is 13.5. The highest BCUT2D eigenvalue weighted by Gasteiger charge is 2.28. The van der Waals surface area contributed by atoms with Crippen molar-refractivity contribution < 1.29 is 18.4 Å². The number of hydrogen-bond donors (Lipinski definition) is 0. The summed E-state index contributed by atoms with van der Waals surface area (Å²) in [6, 6.07) is 6.35. The van der Waals surface area contributed by atoms with Gasteiger partial charge in [0.2, 0.25) is 0 Å². The first kappa shape index (κ1) is 14.7. The van der Waals surface area contributed by atoms with Crippen LogP contribution in [0.25, 0.3) is 0 Å². The number of rotatable bonds is 5. The number of carbonyl (C=O) groups is 1. The Morgan fingerprint density at radius 1 is 1.50 bits per heavy atom. The van der Waals surface area contributed by atoms with Crippen LogP contribution in [0, 0.1) is 0 Å². The Morgan fingerprint density at radius 3 is 2.83 bits per heavy atom. The van der Waals surface area contributed by atoms with Gasteiger partial charge in [-0.3, -0.25) is 0 Å². The Balaban J connectivity index is 2.57. The van der Waals surface area contributed by atoms with Gasteiger partial charge in [0.05, 0.1) is 0 Å². The highest BCUT2D eigenvalue weighted by molar-refractivity contribution is 7.34. The minimum Gasteiger partial charge on any atom is -0.241 e. The summed E-state index contributed by atoms with van der Waals surface area (Å²) in [6.07, 6.45) is 2.39. The zero-order valence-electron chi connectivity index (χ0n) is 10.1. The topological polar surface area (TPSA) is 52.6 Å². The molecule has 0 spiro atoms. The number of hydrogen-bond acceptors (Lipinski definition) is 4. The molecule has 0 aromatic heterocycles. The highest BCUT2D eigenvalue weighted by Crippen LogP contribution is 2.30. The molecule has 1 aromatic carbocycles. The molecule has 6 heteroatoms. The maximum atomic E-state index is 11.5. The van der Waals surface area contributed by atoms with Crippen molar-refractivity contribution in [3.63, 3.8) is 0 Å². The van der Waals surface area contributed by atoms with Gasteiger partial charge < -0.3 is 0 Å². The van der Waals surface area contributed by atoms with Gasteiger partial charge in [-0.25, -0.2) is 9.32 Å². The maximum Gasteiger partial charge on any atom is 0.808 e. The maximum absolute atomic E-state index is 11.5. The lowest BCUT2D eigenvalue weighted by Gasteiger charge is -1.94. The third-order valence-electron chi connectivity index (χ3n) is 1.97. The van der Waals surface area contributed by atoms with Crippen molar-refractivity contribution in [3.05, 3.63) is 40.9 Å². The lowest BCUT2D eigenvalue weighted by atomic mass is 10.2. The van der Waals surface area contributed by atoms with Crippen LogP contribution in [0.3, 0.4) is 0 Å². The van der Waals surface area contributed by atoms with E-state index in [-0.39, 0.29) is 5.75 Å². The van der Waals surface area contributed by atoms with Crippen LogP contribution in [0.2, 0.25) is 5.02 Å². The molecular weight excluding hydrogens is 275 g/mol. The molecule has 0 aliphatic carbocycles. The van der Waals surface area contributed by atoms with Crippen molar-refractivity contribution in [3.8, 4) is 5.75 Å². The average molecular weight is 288 g/mol. The van der Waals surface area contributed by atoms with E-state index < -0.39 is 14.2 Å². The van der Waals surface area contributed by atoms with Gasteiger partial charge in [-0.1, -0.05) is 30.7 Å². The van der Waals surface area contributed by atoms with E-state index in [4.69, 9.17) is 16.1 Å². The second-order valence-electron chi connectivity index (χ2n) is 3.45. The summed E-state index contributed by atoms with van der Waals surface area (Å²) in [7, 11) is -2.55. The molecule has 1 unspecified atom stereocenters. The van der Waals surface area contributed by atoms with Crippen molar-refractivity contribution in [2.24, 2.45) is 0 Å². The first-order valence-electron chi connectivity index (χ1n) is 5.32. The van der Waals surface area contributed by atoms with Crippen LogP contribution in [-0.2, 0) is 13.9 Å². The van der Waals surface area contributed by atoms with E-state index in [2.05, 4.69) is 4.52 Å². The molecule has 0 aliphatic rings. The monoisotopic (exact) mass is 287 g/mol. The fourth-order valence-electron chi connectivity index (χ4n) is 1.16. The standard InChI is InChI=1S/C12H13ClO4P/c1-3-5-9(2)12(14)17-18(15)16-11-7-4-6-10(13)8-11/h4-8H,3H2,1-2H3/q+1. The van der Waals surface area contributed by atoms with Crippen molar-refractivity contribution >= 4 is 25.8 Å². The Hall–Kier alpha value is -1.38. The summed E-state index contributed by atoms with van der Waals surface area (Å²) in [6.45, 7) is 3.48. The minimum absolute atomic E-state index is 0.286. The van der Waals surface area contributed by atoms with Crippen molar-refractivity contribution in [2.45, 2.75) is 20.3 Å². The Labute approximate surface area is 112 Å². The second kappa shape index (κ2) is 7.14. The van der Waals surface area contributed by atoms with Crippen LogP contribution in [0.15, 0.2) is 35.9 Å². The summed E-state index contributed by atoms with van der Waals surface area (Å²) < 4.78 is 21.0. The van der Waals surface area contributed by atoms with E-state index in [0.29, 0.717) is 17.0 Å². The Morgan fingerprint density at radius 2 is 2.22 bits per heavy atom. The normalized spacial score (nSPS) is 11.9. The largest absolute Gasteiger partial charge is 0.808 e. The highest BCUT2D eigenvalue weighted by atomic mass is 35.5. The third kappa shape index (κ3) is 4.86. The number of benzene rings is 1. The molecule has 0 amide bonds. The lowest BCUT2D eigenvalue weighted by Crippen LogP contribution is -2.01. The molecule has 1 aromatic rings. The van der Waals surface area contributed by atoms with Gasteiger partial charge >= 0.3 is 14.2 Å². The van der Waals surface area contributed by atoms with Gasteiger partial charge in [0.25, 0.3) is 0 Å². The number of carbonyl (C=O) groups excluding carboxylic acids is 1. The summed E-state index contributed by atoms with van der Waals surface area (Å²) in [4.78, 5) is 11.4. The predicted molar refractivity (Wildman–Crippen MR) is 69.8 cm³/mol. The third-order valence-corrected chi connectivity index (χ3v) is 2.88. The molecule has 0 fully saturated rings.